The molecule has 21 heavy (non-hydrogen) atoms. The Hall–Kier alpha value is -1.23. The quantitative estimate of drug-likeness (QED) is 0.942. The summed E-state index contributed by atoms with van der Waals surface area (Å²) in [6, 6.07) is 8.52. The number of hydrogen-bond acceptors (Lipinski definition) is 4. The first-order valence-electron chi connectivity index (χ1n) is 7.59. The monoisotopic (exact) mass is 300 g/mol. The maximum absolute atomic E-state index is 10.3. The molecule has 1 aromatic carbocycles. The van der Waals surface area contributed by atoms with Gasteiger partial charge >= 0.3 is 0 Å². The van der Waals surface area contributed by atoms with Crippen LogP contribution in [0.25, 0.3) is 10.6 Å². The summed E-state index contributed by atoms with van der Waals surface area (Å²) in [7, 11) is 0. The number of nitrogens with zero attached hydrogens (tertiary/aromatic N) is 2. The molecule has 3 nitrogen and oxygen atoms in total. The summed E-state index contributed by atoms with van der Waals surface area (Å²) >= 11 is 1.70. The van der Waals surface area contributed by atoms with Crippen LogP contribution in [0.4, 0.5) is 0 Å². The molecular weight excluding hydrogens is 280 g/mol. The van der Waals surface area contributed by atoms with Gasteiger partial charge in [-0.3, -0.25) is 4.90 Å². The summed E-state index contributed by atoms with van der Waals surface area (Å²) < 4.78 is 0. The molecule has 0 amide bonds. The van der Waals surface area contributed by atoms with E-state index in [1.54, 1.807) is 11.3 Å². The summed E-state index contributed by atoms with van der Waals surface area (Å²) in [5.41, 5.74) is 3.19. The molecule has 1 saturated carbocycles. The van der Waals surface area contributed by atoms with E-state index in [4.69, 9.17) is 4.98 Å². The Morgan fingerprint density at radius 2 is 2.00 bits per heavy atom. The average Bonchev–Trinajstić information content (AvgIpc) is 3.19. The molecule has 2 fully saturated rings. The van der Waals surface area contributed by atoms with Crippen molar-refractivity contribution in [2.24, 2.45) is 5.92 Å². The van der Waals surface area contributed by atoms with Crippen LogP contribution in [0.3, 0.4) is 0 Å². The number of aliphatic hydroxyl groups is 1. The molecule has 4 heteroatoms. The SMILES string of the molecule is Cc1ccc(-c2nc(CN3CC(O)(C4CC4)C3)cs2)cc1. The second-order valence-corrected chi connectivity index (χ2v) is 7.39. The fourth-order valence-electron chi connectivity index (χ4n) is 3.16. The minimum absolute atomic E-state index is 0.393. The van der Waals surface area contributed by atoms with Gasteiger partial charge in [-0.2, -0.15) is 0 Å². The number of aromatic nitrogens is 1. The number of likely N-dealkylation sites (tertiary alicyclic amines) is 1. The van der Waals surface area contributed by atoms with Crippen LogP contribution in [0.15, 0.2) is 29.6 Å². The summed E-state index contributed by atoms with van der Waals surface area (Å²) in [6.45, 7) is 4.59. The van der Waals surface area contributed by atoms with E-state index in [2.05, 4.69) is 41.5 Å². The Labute approximate surface area is 129 Å². The average molecular weight is 300 g/mol. The topological polar surface area (TPSA) is 36.4 Å². The van der Waals surface area contributed by atoms with Crippen molar-refractivity contribution in [3.05, 3.63) is 40.9 Å². The maximum Gasteiger partial charge on any atom is 0.123 e. The van der Waals surface area contributed by atoms with E-state index >= 15 is 0 Å². The minimum atomic E-state index is -0.393. The van der Waals surface area contributed by atoms with Crippen molar-refractivity contribution in [1.82, 2.24) is 9.88 Å². The van der Waals surface area contributed by atoms with Crippen LogP contribution in [0, 0.1) is 12.8 Å². The highest BCUT2D eigenvalue weighted by atomic mass is 32.1. The van der Waals surface area contributed by atoms with Crippen LogP contribution in [-0.4, -0.2) is 33.7 Å². The number of aryl methyl sites for hydroxylation is 1. The van der Waals surface area contributed by atoms with Crippen molar-refractivity contribution in [3.8, 4) is 10.6 Å². The van der Waals surface area contributed by atoms with Crippen molar-refractivity contribution < 1.29 is 5.11 Å². The van der Waals surface area contributed by atoms with Gasteiger partial charge in [-0.25, -0.2) is 4.98 Å². The molecule has 4 rings (SSSR count). The number of benzene rings is 1. The Bertz CT molecular complexity index is 639. The van der Waals surface area contributed by atoms with Gasteiger partial charge in [-0.1, -0.05) is 29.8 Å². The van der Waals surface area contributed by atoms with Crippen molar-refractivity contribution in [3.63, 3.8) is 0 Å². The molecule has 1 saturated heterocycles. The summed E-state index contributed by atoms with van der Waals surface area (Å²) in [4.78, 5) is 7.03. The molecule has 0 bridgehead atoms. The Morgan fingerprint density at radius 1 is 1.29 bits per heavy atom. The fourth-order valence-corrected chi connectivity index (χ4v) is 3.97. The molecule has 2 aliphatic rings. The molecule has 1 aromatic heterocycles. The molecule has 110 valence electrons. The van der Waals surface area contributed by atoms with Gasteiger partial charge in [0.2, 0.25) is 0 Å². The first-order valence-corrected chi connectivity index (χ1v) is 8.46. The second-order valence-electron chi connectivity index (χ2n) is 6.53. The van der Waals surface area contributed by atoms with Gasteiger partial charge in [-0.15, -0.1) is 11.3 Å². The Morgan fingerprint density at radius 3 is 2.67 bits per heavy atom. The first kappa shape index (κ1) is 13.4. The highest BCUT2D eigenvalue weighted by Gasteiger charge is 2.51. The normalized spacial score (nSPS) is 21.2. The van der Waals surface area contributed by atoms with Crippen LogP contribution in [-0.2, 0) is 6.54 Å². The third-order valence-corrected chi connectivity index (χ3v) is 5.51. The van der Waals surface area contributed by atoms with Gasteiger partial charge in [0.15, 0.2) is 0 Å². The Kier molecular flexibility index (Phi) is 3.14. The van der Waals surface area contributed by atoms with Crippen molar-refractivity contribution in [2.75, 3.05) is 13.1 Å². The first-order chi connectivity index (χ1) is 10.1. The van der Waals surface area contributed by atoms with Crippen LogP contribution in [0.2, 0.25) is 0 Å². The predicted molar refractivity (Wildman–Crippen MR) is 85.2 cm³/mol. The van der Waals surface area contributed by atoms with Crippen molar-refractivity contribution in [2.45, 2.75) is 31.9 Å². The lowest BCUT2D eigenvalue weighted by molar-refractivity contribution is -0.116. The molecule has 0 atom stereocenters. The van der Waals surface area contributed by atoms with E-state index in [1.807, 2.05) is 0 Å². The van der Waals surface area contributed by atoms with Gasteiger partial charge in [0.25, 0.3) is 0 Å². The van der Waals surface area contributed by atoms with E-state index in [-0.39, 0.29) is 0 Å². The zero-order chi connectivity index (χ0) is 14.4. The van der Waals surface area contributed by atoms with Crippen LogP contribution < -0.4 is 0 Å². The zero-order valence-electron chi connectivity index (χ0n) is 12.2. The maximum atomic E-state index is 10.3. The molecule has 1 aliphatic heterocycles. The largest absolute Gasteiger partial charge is 0.387 e. The van der Waals surface area contributed by atoms with Crippen LogP contribution >= 0.6 is 11.3 Å². The lowest BCUT2D eigenvalue weighted by Crippen LogP contribution is -2.62. The molecule has 0 radical (unpaired) electrons. The van der Waals surface area contributed by atoms with Gasteiger partial charge in [0, 0.05) is 30.6 Å². The lowest BCUT2D eigenvalue weighted by Gasteiger charge is -2.46. The Balaban J connectivity index is 1.40. The molecule has 1 aliphatic carbocycles. The summed E-state index contributed by atoms with van der Waals surface area (Å²) in [5.74, 6) is 0.562. The molecule has 1 N–H and O–H groups in total. The zero-order valence-corrected chi connectivity index (χ0v) is 13.1. The van der Waals surface area contributed by atoms with E-state index < -0.39 is 5.60 Å². The molecule has 2 heterocycles. The number of β-amino-alcohol motifs (C(OH)–C–C–N with tert-alkyl or cyclic N) is 1. The standard InChI is InChI=1S/C17H20N2OS/c1-12-2-4-13(5-3-12)16-18-15(9-21-16)8-19-10-17(20,11-19)14-6-7-14/h2-5,9,14,20H,6-8,10-11H2,1H3. The smallest absolute Gasteiger partial charge is 0.123 e. The highest BCUT2D eigenvalue weighted by Crippen LogP contribution is 2.44. The second kappa shape index (κ2) is 4.90. The predicted octanol–water partition coefficient (Wildman–Crippen LogP) is 3.08. The van der Waals surface area contributed by atoms with Gasteiger partial charge in [-0.05, 0) is 25.7 Å². The number of hydrogen-bond donors (Lipinski definition) is 1. The van der Waals surface area contributed by atoms with Gasteiger partial charge < -0.3 is 5.11 Å². The summed E-state index contributed by atoms with van der Waals surface area (Å²) in [5, 5.41) is 13.6. The van der Waals surface area contributed by atoms with E-state index in [9.17, 15) is 5.11 Å². The van der Waals surface area contributed by atoms with Crippen LogP contribution in [0.5, 0.6) is 0 Å². The lowest BCUT2D eigenvalue weighted by atomic mass is 9.89. The van der Waals surface area contributed by atoms with Crippen LogP contribution in [0.1, 0.15) is 24.1 Å². The molecule has 0 unspecified atom stereocenters. The molecular formula is C17H20N2OS. The fraction of sp³-hybridized carbons (Fsp3) is 0.471. The van der Waals surface area contributed by atoms with E-state index in [0.717, 1.165) is 30.3 Å². The van der Waals surface area contributed by atoms with Gasteiger partial charge in [0.05, 0.1) is 11.3 Å². The highest BCUT2D eigenvalue weighted by molar-refractivity contribution is 7.13. The molecule has 2 aromatic rings. The van der Waals surface area contributed by atoms with Crippen molar-refractivity contribution in [1.29, 1.82) is 0 Å². The molecule has 0 spiro atoms. The third kappa shape index (κ3) is 2.63. The third-order valence-electron chi connectivity index (χ3n) is 4.57. The minimum Gasteiger partial charge on any atom is -0.387 e. The number of thiazole rings is 1. The van der Waals surface area contributed by atoms with E-state index in [1.165, 1.54) is 24.0 Å². The van der Waals surface area contributed by atoms with E-state index in [0.29, 0.717) is 5.92 Å². The number of rotatable bonds is 4. The summed E-state index contributed by atoms with van der Waals surface area (Å²) in [6.07, 6.45) is 2.41. The van der Waals surface area contributed by atoms with Crippen molar-refractivity contribution >= 4 is 11.3 Å². The van der Waals surface area contributed by atoms with Gasteiger partial charge in [0.1, 0.15) is 5.01 Å².